The summed E-state index contributed by atoms with van der Waals surface area (Å²) in [6, 6.07) is 0. The van der Waals surface area contributed by atoms with E-state index in [2.05, 4.69) is 32.6 Å². The van der Waals surface area contributed by atoms with Crippen LogP contribution >= 0.6 is 0 Å². The number of aliphatic hydroxyl groups excluding tert-OH is 1. The lowest BCUT2D eigenvalue weighted by atomic mass is 9.60. The van der Waals surface area contributed by atoms with Crippen molar-refractivity contribution in [3.8, 4) is 0 Å². The van der Waals surface area contributed by atoms with Crippen LogP contribution in [-0.2, 0) is 0 Å². The molecule has 0 aliphatic heterocycles. The van der Waals surface area contributed by atoms with Gasteiger partial charge in [-0.1, -0.05) is 56.6 Å². The summed E-state index contributed by atoms with van der Waals surface area (Å²) in [6.07, 6.45) is 12.8. The maximum absolute atomic E-state index is 14.1. The van der Waals surface area contributed by atoms with Gasteiger partial charge in [0.25, 0.3) is 0 Å². The van der Waals surface area contributed by atoms with E-state index in [1.807, 2.05) is 13.8 Å². The van der Waals surface area contributed by atoms with E-state index < -0.39 is 17.9 Å². The van der Waals surface area contributed by atoms with Crippen LogP contribution in [0.15, 0.2) is 35.5 Å². The minimum atomic E-state index is -1.12. The second-order valence-corrected chi connectivity index (χ2v) is 11.3. The van der Waals surface area contributed by atoms with E-state index in [0.29, 0.717) is 35.7 Å². The summed E-state index contributed by atoms with van der Waals surface area (Å²) in [7, 11) is 0. The fraction of sp³-hybridized carbons (Fsp3) is 0.778. The summed E-state index contributed by atoms with van der Waals surface area (Å²) in [5.41, 5.74) is 2.68. The van der Waals surface area contributed by atoms with Crippen molar-refractivity contribution in [3.05, 3.63) is 35.5 Å². The van der Waals surface area contributed by atoms with Crippen LogP contribution in [-0.4, -0.2) is 28.1 Å². The topological polar surface area (TPSA) is 40.5 Å². The third-order valence-corrected chi connectivity index (χ3v) is 8.43. The molecule has 2 N–H and O–H groups in total. The lowest BCUT2D eigenvalue weighted by Crippen LogP contribution is -2.36. The summed E-state index contributed by atoms with van der Waals surface area (Å²) >= 11 is 0. The number of fused-ring (bicyclic) bond motifs is 1. The Hall–Kier alpha value is -0.930. The van der Waals surface area contributed by atoms with Crippen LogP contribution in [0.5, 0.6) is 0 Å². The van der Waals surface area contributed by atoms with Crippen molar-refractivity contribution in [1.82, 2.24) is 0 Å². The molecule has 3 aliphatic rings. The molecule has 6 atom stereocenters. The van der Waals surface area contributed by atoms with Gasteiger partial charge in [-0.3, -0.25) is 0 Å². The van der Waals surface area contributed by atoms with E-state index in [-0.39, 0.29) is 0 Å². The van der Waals surface area contributed by atoms with Gasteiger partial charge >= 0.3 is 0 Å². The largest absolute Gasteiger partial charge is 0.390 e. The number of aliphatic hydroxyl groups is 2. The summed E-state index contributed by atoms with van der Waals surface area (Å²) in [6.45, 7) is 12.4. The van der Waals surface area contributed by atoms with Crippen molar-refractivity contribution < 1.29 is 14.6 Å². The molecule has 0 aromatic rings. The molecule has 2 nitrogen and oxygen atoms in total. The molecule has 170 valence electrons. The maximum atomic E-state index is 14.1. The summed E-state index contributed by atoms with van der Waals surface area (Å²) in [5, 5.41) is 20.1. The highest BCUT2D eigenvalue weighted by atomic mass is 19.1. The Morgan fingerprint density at radius 1 is 1.27 bits per heavy atom. The monoisotopic (exact) mass is 418 g/mol. The smallest absolute Gasteiger partial charge is 0.127 e. The molecule has 3 aliphatic carbocycles. The first-order valence-electron chi connectivity index (χ1n) is 12.1. The Kier molecular flexibility index (Phi) is 7.34. The number of allylic oxidation sites excluding steroid dienone is 3. The highest BCUT2D eigenvalue weighted by Crippen LogP contribution is 2.60. The molecule has 0 aromatic carbocycles. The van der Waals surface area contributed by atoms with E-state index in [1.54, 1.807) is 0 Å². The van der Waals surface area contributed by atoms with Gasteiger partial charge in [-0.2, -0.15) is 0 Å². The number of rotatable bonds is 6. The standard InChI is InChI=1S/C27H43FO2/c1-18(8-6-14-26(3,4)30)22-12-13-23-21(9-7-15-27(22,23)5)11-10-20-16-24(28)19(2)25(29)17-20/h10-11,18,22-25,29-30H,2,6-9,12-17H2,1,3-5H3/b20-10+,21-11+/t18-,22-,23+,24+,25-,27-/m1/s1. The SMILES string of the molecule is C=C1[C@H](O)C/C(=C/C=C2\CCC[C@]3(C)[C@@H]([C@H](C)CCCC(C)(C)O)CC[C@@H]23)C[C@@H]1F. The highest BCUT2D eigenvalue weighted by Gasteiger charge is 2.50. The Labute approximate surface area is 183 Å². The first-order chi connectivity index (χ1) is 14.0. The lowest BCUT2D eigenvalue weighted by Gasteiger charge is -2.44. The van der Waals surface area contributed by atoms with Crippen LogP contribution in [0.1, 0.15) is 91.9 Å². The minimum absolute atomic E-state index is 0.335. The summed E-state index contributed by atoms with van der Waals surface area (Å²) in [4.78, 5) is 0. The first kappa shape index (κ1) is 23.7. The molecule has 3 fully saturated rings. The molecule has 3 saturated carbocycles. The summed E-state index contributed by atoms with van der Waals surface area (Å²) < 4.78 is 14.1. The van der Waals surface area contributed by atoms with Gasteiger partial charge in [0, 0.05) is 6.42 Å². The molecule has 0 radical (unpaired) electrons. The van der Waals surface area contributed by atoms with E-state index in [9.17, 15) is 14.6 Å². The van der Waals surface area contributed by atoms with Crippen molar-refractivity contribution in [2.45, 2.75) is 110 Å². The molecule has 30 heavy (non-hydrogen) atoms. The van der Waals surface area contributed by atoms with E-state index in [0.717, 1.165) is 30.8 Å². The second-order valence-electron chi connectivity index (χ2n) is 11.3. The number of hydrogen-bond acceptors (Lipinski definition) is 2. The van der Waals surface area contributed by atoms with Crippen LogP contribution in [0, 0.1) is 23.2 Å². The van der Waals surface area contributed by atoms with Crippen molar-refractivity contribution in [1.29, 1.82) is 0 Å². The second kappa shape index (κ2) is 9.28. The average molecular weight is 419 g/mol. The van der Waals surface area contributed by atoms with Crippen LogP contribution < -0.4 is 0 Å². The Bertz CT molecular complexity index is 669. The zero-order chi connectivity index (χ0) is 22.1. The third kappa shape index (κ3) is 5.27. The van der Waals surface area contributed by atoms with Crippen molar-refractivity contribution in [3.63, 3.8) is 0 Å². The van der Waals surface area contributed by atoms with E-state index in [1.165, 1.54) is 37.7 Å². The van der Waals surface area contributed by atoms with Crippen LogP contribution in [0.25, 0.3) is 0 Å². The van der Waals surface area contributed by atoms with Gasteiger partial charge < -0.3 is 10.2 Å². The molecule has 0 spiro atoms. The summed E-state index contributed by atoms with van der Waals surface area (Å²) in [5.74, 6) is 2.07. The maximum Gasteiger partial charge on any atom is 0.127 e. The average Bonchev–Trinajstić information content (AvgIpc) is 3.00. The Morgan fingerprint density at radius 2 is 2.00 bits per heavy atom. The van der Waals surface area contributed by atoms with Crippen molar-refractivity contribution >= 4 is 0 Å². The minimum Gasteiger partial charge on any atom is -0.390 e. The van der Waals surface area contributed by atoms with Gasteiger partial charge in [0.05, 0.1) is 11.7 Å². The van der Waals surface area contributed by atoms with E-state index in [4.69, 9.17) is 0 Å². The van der Waals surface area contributed by atoms with Gasteiger partial charge in [0.2, 0.25) is 0 Å². The number of halogens is 1. The molecule has 0 amide bonds. The quantitative estimate of drug-likeness (QED) is 0.472. The molecule has 0 saturated heterocycles. The van der Waals surface area contributed by atoms with Gasteiger partial charge in [0.15, 0.2) is 0 Å². The van der Waals surface area contributed by atoms with Crippen molar-refractivity contribution in [2.24, 2.45) is 23.2 Å². The fourth-order valence-electron chi connectivity index (χ4n) is 6.67. The zero-order valence-electron chi connectivity index (χ0n) is 19.6. The predicted octanol–water partition coefficient (Wildman–Crippen LogP) is 6.68. The molecule has 0 heterocycles. The third-order valence-electron chi connectivity index (χ3n) is 8.43. The van der Waals surface area contributed by atoms with Gasteiger partial charge in [-0.05, 0) is 87.5 Å². The molecule has 0 bridgehead atoms. The van der Waals surface area contributed by atoms with Crippen LogP contribution in [0.4, 0.5) is 4.39 Å². The highest BCUT2D eigenvalue weighted by molar-refractivity contribution is 5.29. The Morgan fingerprint density at radius 3 is 2.67 bits per heavy atom. The van der Waals surface area contributed by atoms with Crippen molar-refractivity contribution in [2.75, 3.05) is 0 Å². The van der Waals surface area contributed by atoms with Gasteiger partial charge in [-0.15, -0.1) is 0 Å². The van der Waals surface area contributed by atoms with Crippen LogP contribution in [0.3, 0.4) is 0 Å². The Balaban J connectivity index is 1.67. The number of alkyl halides is 1. The van der Waals surface area contributed by atoms with Crippen LogP contribution in [0.2, 0.25) is 0 Å². The normalized spacial score (nSPS) is 38.8. The molecule has 3 rings (SSSR count). The first-order valence-corrected chi connectivity index (χ1v) is 12.1. The number of hydrogen-bond donors (Lipinski definition) is 2. The molecule has 0 aromatic heterocycles. The lowest BCUT2D eigenvalue weighted by molar-refractivity contribution is 0.0596. The molecule has 0 unspecified atom stereocenters. The fourth-order valence-corrected chi connectivity index (χ4v) is 6.67. The van der Waals surface area contributed by atoms with Gasteiger partial charge in [0.1, 0.15) is 6.17 Å². The van der Waals surface area contributed by atoms with Gasteiger partial charge in [-0.25, -0.2) is 4.39 Å². The molecule has 3 heteroatoms. The van der Waals surface area contributed by atoms with E-state index >= 15 is 0 Å². The zero-order valence-corrected chi connectivity index (χ0v) is 19.6. The molecular formula is C27H43FO2. The molecular weight excluding hydrogens is 375 g/mol. The predicted molar refractivity (Wildman–Crippen MR) is 123 cm³/mol.